The van der Waals surface area contributed by atoms with E-state index in [1.165, 1.54) is 69.9 Å². The lowest BCUT2D eigenvalue weighted by Gasteiger charge is -2.49. The summed E-state index contributed by atoms with van der Waals surface area (Å²) in [5.74, 6) is -0.894. The topological polar surface area (TPSA) is 52.6 Å². The van der Waals surface area contributed by atoms with Crippen LogP contribution in [0.2, 0.25) is 0 Å². The number of rotatable bonds is 22. The highest BCUT2D eigenvalue weighted by atomic mass is 19.1. The summed E-state index contributed by atoms with van der Waals surface area (Å²) in [5, 5.41) is 3.21. The van der Waals surface area contributed by atoms with E-state index in [0.29, 0.717) is 54.1 Å². The van der Waals surface area contributed by atoms with Crippen molar-refractivity contribution in [3.63, 3.8) is 0 Å². The number of carbonyl (C=O) groups excluding carboxylic acids is 2. The summed E-state index contributed by atoms with van der Waals surface area (Å²) in [4.78, 5) is 31.0. The van der Waals surface area contributed by atoms with Crippen molar-refractivity contribution >= 4 is 17.3 Å². The summed E-state index contributed by atoms with van der Waals surface area (Å²) < 4.78 is 28.0. The van der Waals surface area contributed by atoms with E-state index in [-0.39, 0.29) is 24.5 Å². The number of piperazine rings is 1. The Balaban J connectivity index is 1.17. The Hall–Kier alpha value is -4.26. The Morgan fingerprint density at radius 2 is 1.56 bits per heavy atom. The number of allylic oxidation sites excluding steroid dienone is 3. The number of piperidine rings is 1. The molecule has 3 heterocycles. The molecule has 5 rings (SSSR count). The molecule has 3 aliphatic heterocycles. The Morgan fingerprint density at radius 1 is 0.891 bits per heavy atom. The number of nitrogens with one attached hydrogen (secondary N) is 1. The minimum Gasteiger partial charge on any atom is -0.381 e. The van der Waals surface area contributed by atoms with Gasteiger partial charge in [-0.05, 0) is 72.9 Å². The van der Waals surface area contributed by atoms with E-state index >= 15 is 0 Å². The molecule has 2 fully saturated rings. The second-order valence-corrected chi connectivity index (χ2v) is 16.0. The van der Waals surface area contributed by atoms with E-state index < -0.39 is 11.6 Å². The van der Waals surface area contributed by atoms with Crippen molar-refractivity contribution in [1.82, 2.24) is 15.1 Å². The summed E-state index contributed by atoms with van der Waals surface area (Å²) in [6, 6.07) is 12.1. The van der Waals surface area contributed by atoms with Crippen molar-refractivity contribution in [2.75, 3.05) is 6.54 Å². The maximum atomic E-state index is 14.4. The second kappa shape index (κ2) is 20.6. The largest absolute Gasteiger partial charge is 0.381 e. The van der Waals surface area contributed by atoms with Gasteiger partial charge < -0.3 is 15.1 Å². The van der Waals surface area contributed by atoms with Crippen LogP contribution in [0, 0.1) is 11.6 Å². The lowest BCUT2D eigenvalue weighted by Crippen LogP contribution is -2.59. The molecule has 0 spiro atoms. The smallest absolute Gasteiger partial charge is 0.271 e. The quantitative estimate of drug-likeness (QED) is 0.122. The van der Waals surface area contributed by atoms with E-state index in [1.54, 1.807) is 0 Å². The van der Waals surface area contributed by atoms with Crippen molar-refractivity contribution in [2.45, 2.75) is 148 Å². The SMILES string of the molecule is C=C(NCc1ccc(F)cc1F)C1=CN2CC3CCCC(C)N3C(=O)C2=C(CC(=C)c2ccc(CCC(=O)CCCCCCCCCCCCC)cc2)C1=C. The lowest BCUT2D eigenvalue weighted by molar-refractivity contribution is -0.139. The Morgan fingerprint density at radius 3 is 2.24 bits per heavy atom. The maximum absolute atomic E-state index is 14.4. The van der Waals surface area contributed by atoms with Crippen molar-refractivity contribution in [2.24, 2.45) is 0 Å². The minimum absolute atomic E-state index is 0.0165. The van der Waals surface area contributed by atoms with Gasteiger partial charge in [-0.1, -0.05) is 121 Å². The van der Waals surface area contributed by atoms with Gasteiger partial charge in [-0.25, -0.2) is 8.78 Å². The van der Waals surface area contributed by atoms with Gasteiger partial charge in [0, 0.05) is 67.5 Å². The van der Waals surface area contributed by atoms with Crippen LogP contribution in [-0.2, 0) is 22.6 Å². The van der Waals surface area contributed by atoms with E-state index in [1.807, 2.05) is 6.20 Å². The number of nitrogens with zero attached hydrogens (tertiary/aromatic N) is 2. The molecule has 2 saturated heterocycles. The number of ketones is 1. The second-order valence-electron chi connectivity index (χ2n) is 16.0. The molecule has 2 aromatic rings. The molecule has 0 radical (unpaired) electrons. The summed E-state index contributed by atoms with van der Waals surface area (Å²) in [6.45, 7) is 18.4. The zero-order valence-corrected chi connectivity index (χ0v) is 33.5. The number of unbranched alkanes of at least 4 members (excludes halogenated alkanes) is 10. The van der Waals surface area contributed by atoms with Gasteiger partial charge in [0.2, 0.25) is 0 Å². The van der Waals surface area contributed by atoms with Crippen molar-refractivity contribution in [3.05, 3.63) is 125 Å². The minimum atomic E-state index is -0.624. The average molecular weight is 752 g/mol. The number of benzene rings is 2. The Kier molecular flexibility index (Phi) is 15.7. The number of carbonyl (C=O) groups is 2. The van der Waals surface area contributed by atoms with Crippen LogP contribution in [0.3, 0.4) is 0 Å². The zero-order valence-electron chi connectivity index (χ0n) is 33.5. The van der Waals surface area contributed by atoms with Crippen LogP contribution in [0.15, 0.2) is 96.5 Å². The molecule has 0 aromatic heterocycles. The van der Waals surface area contributed by atoms with Crippen molar-refractivity contribution < 1.29 is 18.4 Å². The first-order chi connectivity index (χ1) is 26.6. The Labute approximate surface area is 329 Å². The summed E-state index contributed by atoms with van der Waals surface area (Å²) >= 11 is 0. The van der Waals surface area contributed by atoms with Crippen molar-refractivity contribution in [1.29, 1.82) is 0 Å². The molecule has 7 heteroatoms. The third-order valence-corrected chi connectivity index (χ3v) is 11.8. The molecular formula is C48H63F2N3O2. The molecule has 1 amide bonds. The summed E-state index contributed by atoms with van der Waals surface area (Å²) in [6.07, 6.45) is 21.4. The Bertz CT molecular complexity index is 1760. The fourth-order valence-corrected chi connectivity index (χ4v) is 8.38. The van der Waals surface area contributed by atoms with Gasteiger partial charge in [0.05, 0.1) is 6.04 Å². The molecule has 2 aromatic carbocycles. The van der Waals surface area contributed by atoms with Crippen LogP contribution in [0.25, 0.3) is 5.57 Å². The first-order valence-electron chi connectivity index (χ1n) is 21.0. The van der Waals surface area contributed by atoms with Gasteiger partial charge in [0.25, 0.3) is 5.91 Å². The molecule has 2 atom stereocenters. The monoisotopic (exact) mass is 751 g/mol. The molecule has 55 heavy (non-hydrogen) atoms. The van der Waals surface area contributed by atoms with Gasteiger partial charge in [-0.3, -0.25) is 9.59 Å². The predicted octanol–water partition coefficient (Wildman–Crippen LogP) is 11.7. The highest BCUT2D eigenvalue weighted by Gasteiger charge is 2.43. The number of halogens is 2. The highest BCUT2D eigenvalue weighted by molar-refractivity contribution is 5.97. The fourth-order valence-electron chi connectivity index (χ4n) is 8.38. The van der Waals surface area contributed by atoms with E-state index in [0.717, 1.165) is 72.4 Å². The molecule has 0 bridgehead atoms. The number of hydrogen-bond donors (Lipinski definition) is 1. The molecule has 2 unspecified atom stereocenters. The normalized spacial score (nSPS) is 18.2. The van der Waals surface area contributed by atoms with Crippen LogP contribution in [0.4, 0.5) is 8.78 Å². The fraction of sp³-hybridized carbons (Fsp3) is 0.500. The standard InChI is InChI=1S/C48H63F2N3O2/c1-6-7-8-9-10-11-12-13-14-15-16-20-43(54)28-23-38-21-24-39(25-22-38)34(2)29-44-36(4)45(37(5)51-31-40-26-27-41(49)30-46(40)50)33-52-32-42-19-17-18-35(3)53(42)48(55)47(44)52/h21-22,24-27,30,33,35,42,51H,2,4-20,23,28-29,31-32H2,1,3H3. The number of Topliss-reactive ketones (excluding diaryl/α,β-unsaturated/α-hetero) is 1. The zero-order chi connectivity index (χ0) is 39.3. The summed E-state index contributed by atoms with van der Waals surface area (Å²) in [5.41, 5.74) is 6.67. The first-order valence-corrected chi connectivity index (χ1v) is 21.0. The van der Waals surface area contributed by atoms with Gasteiger partial charge in [0.1, 0.15) is 23.1 Å². The van der Waals surface area contributed by atoms with Crippen LogP contribution >= 0.6 is 0 Å². The van der Waals surface area contributed by atoms with E-state index in [9.17, 15) is 18.4 Å². The van der Waals surface area contributed by atoms with Gasteiger partial charge in [0.15, 0.2) is 0 Å². The number of hydrogen-bond acceptors (Lipinski definition) is 4. The number of aryl methyl sites for hydroxylation is 1. The summed E-state index contributed by atoms with van der Waals surface area (Å²) in [7, 11) is 0. The molecular weight excluding hydrogens is 689 g/mol. The molecule has 3 aliphatic rings. The number of fused-ring (bicyclic) bond motifs is 2. The first kappa shape index (κ1) is 41.9. The highest BCUT2D eigenvalue weighted by Crippen LogP contribution is 2.42. The lowest BCUT2D eigenvalue weighted by atomic mass is 9.84. The van der Waals surface area contributed by atoms with Crippen LogP contribution < -0.4 is 5.32 Å². The van der Waals surface area contributed by atoms with Crippen LogP contribution in [0.5, 0.6) is 0 Å². The molecule has 296 valence electrons. The van der Waals surface area contributed by atoms with E-state index in [4.69, 9.17) is 0 Å². The molecule has 0 aliphatic carbocycles. The molecule has 5 nitrogen and oxygen atoms in total. The predicted molar refractivity (Wildman–Crippen MR) is 222 cm³/mol. The molecule has 1 N–H and O–H groups in total. The van der Waals surface area contributed by atoms with Crippen molar-refractivity contribution in [3.8, 4) is 0 Å². The number of amides is 1. The third kappa shape index (κ3) is 11.4. The maximum Gasteiger partial charge on any atom is 0.271 e. The van der Waals surface area contributed by atoms with Gasteiger partial charge >= 0.3 is 0 Å². The van der Waals surface area contributed by atoms with Gasteiger partial charge in [-0.2, -0.15) is 0 Å². The average Bonchev–Trinajstić information content (AvgIpc) is 3.16. The van der Waals surface area contributed by atoms with Crippen LogP contribution in [0.1, 0.15) is 140 Å². The third-order valence-electron chi connectivity index (χ3n) is 11.8. The van der Waals surface area contributed by atoms with E-state index in [2.05, 4.69) is 73.0 Å². The molecule has 0 saturated carbocycles. The van der Waals surface area contributed by atoms with Gasteiger partial charge in [-0.15, -0.1) is 0 Å². The van der Waals surface area contributed by atoms with Crippen LogP contribution in [-0.4, -0.2) is 40.1 Å².